The molecule has 4 rings (SSSR count). The van der Waals surface area contributed by atoms with Crippen LogP contribution in [0.4, 0.5) is 5.69 Å². The lowest BCUT2D eigenvalue weighted by Gasteiger charge is -2.07. The summed E-state index contributed by atoms with van der Waals surface area (Å²) in [6.45, 7) is 3.70. The molecule has 0 aliphatic rings. The van der Waals surface area contributed by atoms with Crippen LogP contribution in [0.2, 0.25) is 0 Å². The number of anilines is 1. The molecule has 2 heterocycles. The highest BCUT2D eigenvalue weighted by atomic mass is 32.2. The molecule has 138 valence electrons. The number of sulfonamides is 1. The fourth-order valence-electron chi connectivity index (χ4n) is 3.17. The Hall–Kier alpha value is -3.13. The standard InChI is InChI=1S/C19H18N4O3S/c1-13-19(14(2)26-21-13)27(24,25)22-17-10-20-23(12-17)11-16-8-5-7-15-6-3-4-9-18(15)16/h3-10,12,22H,11H2,1-2H3. The molecule has 0 radical (unpaired) electrons. The summed E-state index contributed by atoms with van der Waals surface area (Å²) in [7, 11) is -3.79. The molecule has 0 saturated carbocycles. The van der Waals surface area contributed by atoms with Crippen molar-refractivity contribution < 1.29 is 12.9 Å². The number of aromatic nitrogens is 3. The molecule has 0 unspecified atom stereocenters. The summed E-state index contributed by atoms with van der Waals surface area (Å²) in [5.41, 5.74) is 1.81. The van der Waals surface area contributed by atoms with Crippen LogP contribution in [0, 0.1) is 13.8 Å². The SMILES string of the molecule is Cc1noc(C)c1S(=O)(=O)Nc1cnn(Cc2cccc3ccccc23)c1. The van der Waals surface area contributed by atoms with Crippen molar-refractivity contribution in [2.24, 2.45) is 0 Å². The van der Waals surface area contributed by atoms with E-state index in [4.69, 9.17) is 4.52 Å². The van der Waals surface area contributed by atoms with Crippen molar-refractivity contribution >= 4 is 26.5 Å². The smallest absolute Gasteiger partial charge is 0.267 e. The second-order valence-corrected chi connectivity index (χ2v) is 7.94. The zero-order valence-electron chi connectivity index (χ0n) is 14.9. The Bertz CT molecular complexity index is 1200. The topological polar surface area (TPSA) is 90.0 Å². The third kappa shape index (κ3) is 3.31. The quantitative estimate of drug-likeness (QED) is 0.571. The number of fused-ring (bicyclic) bond motifs is 1. The summed E-state index contributed by atoms with van der Waals surface area (Å²) in [6.07, 6.45) is 3.15. The minimum Gasteiger partial charge on any atom is -0.360 e. The molecule has 0 spiro atoms. The van der Waals surface area contributed by atoms with Gasteiger partial charge in [-0.15, -0.1) is 0 Å². The molecular weight excluding hydrogens is 364 g/mol. The van der Waals surface area contributed by atoms with E-state index in [2.05, 4.69) is 33.2 Å². The van der Waals surface area contributed by atoms with Crippen LogP contribution in [-0.2, 0) is 16.6 Å². The predicted molar refractivity (Wildman–Crippen MR) is 102 cm³/mol. The lowest BCUT2D eigenvalue weighted by Crippen LogP contribution is -2.14. The fourth-order valence-corrected chi connectivity index (χ4v) is 4.53. The normalized spacial score (nSPS) is 11.8. The van der Waals surface area contributed by atoms with E-state index in [1.807, 2.05) is 24.3 Å². The molecule has 7 nitrogen and oxygen atoms in total. The van der Waals surface area contributed by atoms with Crippen LogP contribution in [0.25, 0.3) is 10.8 Å². The van der Waals surface area contributed by atoms with Gasteiger partial charge in [-0.25, -0.2) is 8.42 Å². The maximum Gasteiger partial charge on any atom is 0.267 e. The number of rotatable bonds is 5. The van der Waals surface area contributed by atoms with Gasteiger partial charge in [-0.2, -0.15) is 5.10 Å². The molecule has 0 aliphatic heterocycles. The van der Waals surface area contributed by atoms with Gasteiger partial charge in [0.25, 0.3) is 10.0 Å². The Morgan fingerprint density at radius 3 is 2.67 bits per heavy atom. The number of benzene rings is 2. The van der Waals surface area contributed by atoms with Gasteiger partial charge in [-0.3, -0.25) is 9.40 Å². The van der Waals surface area contributed by atoms with Crippen molar-refractivity contribution in [2.75, 3.05) is 4.72 Å². The van der Waals surface area contributed by atoms with Gasteiger partial charge in [-0.05, 0) is 30.2 Å². The summed E-state index contributed by atoms with van der Waals surface area (Å²) in [6, 6.07) is 14.2. The van der Waals surface area contributed by atoms with Gasteiger partial charge in [0.1, 0.15) is 5.69 Å². The van der Waals surface area contributed by atoms with Crippen LogP contribution in [0.3, 0.4) is 0 Å². The number of nitrogens with zero attached hydrogens (tertiary/aromatic N) is 3. The minimum absolute atomic E-state index is 0.0595. The molecule has 4 aromatic rings. The highest BCUT2D eigenvalue weighted by molar-refractivity contribution is 7.92. The van der Waals surface area contributed by atoms with Crippen LogP contribution in [0.1, 0.15) is 17.0 Å². The van der Waals surface area contributed by atoms with Crippen LogP contribution >= 0.6 is 0 Å². The summed E-state index contributed by atoms with van der Waals surface area (Å²) in [5, 5.41) is 10.3. The second-order valence-electron chi connectivity index (χ2n) is 6.32. The lowest BCUT2D eigenvalue weighted by molar-refractivity contribution is 0.390. The van der Waals surface area contributed by atoms with Gasteiger partial charge in [0, 0.05) is 6.20 Å². The van der Waals surface area contributed by atoms with E-state index in [1.54, 1.807) is 24.7 Å². The van der Waals surface area contributed by atoms with Crippen LogP contribution in [0.15, 0.2) is 64.3 Å². The van der Waals surface area contributed by atoms with E-state index in [1.165, 1.54) is 6.20 Å². The van der Waals surface area contributed by atoms with E-state index in [0.29, 0.717) is 17.9 Å². The molecule has 2 aromatic heterocycles. The number of aryl methyl sites for hydroxylation is 2. The molecule has 0 atom stereocenters. The van der Waals surface area contributed by atoms with Crippen LogP contribution < -0.4 is 4.72 Å². The van der Waals surface area contributed by atoms with E-state index in [9.17, 15) is 8.42 Å². The Morgan fingerprint density at radius 1 is 1.11 bits per heavy atom. The first-order valence-electron chi connectivity index (χ1n) is 8.39. The largest absolute Gasteiger partial charge is 0.360 e. The van der Waals surface area contributed by atoms with Gasteiger partial charge in [0.05, 0.1) is 18.4 Å². The van der Waals surface area contributed by atoms with Gasteiger partial charge in [-0.1, -0.05) is 47.6 Å². The molecule has 0 aliphatic carbocycles. The maximum absolute atomic E-state index is 12.6. The van der Waals surface area contributed by atoms with Gasteiger partial charge in [0.15, 0.2) is 10.7 Å². The molecule has 0 bridgehead atoms. The molecule has 0 amide bonds. The molecule has 27 heavy (non-hydrogen) atoms. The van der Waals surface area contributed by atoms with Crippen LogP contribution in [0.5, 0.6) is 0 Å². The van der Waals surface area contributed by atoms with Crippen LogP contribution in [-0.4, -0.2) is 23.4 Å². The van der Waals surface area contributed by atoms with Crippen molar-refractivity contribution in [3.63, 3.8) is 0 Å². The van der Waals surface area contributed by atoms with Crippen molar-refractivity contribution in [1.29, 1.82) is 0 Å². The monoisotopic (exact) mass is 382 g/mol. The third-order valence-corrected chi connectivity index (χ3v) is 5.96. The molecule has 1 N–H and O–H groups in total. The Balaban J connectivity index is 1.59. The van der Waals surface area contributed by atoms with Crippen molar-refractivity contribution in [3.8, 4) is 0 Å². The average molecular weight is 382 g/mol. The number of hydrogen-bond acceptors (Lipinski definition) is 5. The van der Waals surface area contributed by atoms with Gasteiger partial charge < -0.3 is 4.52 Å². The summed E-state index contributed by atoms with van der Waals surface area (Å²) in [4.78, 5) is 0.0595. The van der Waals surface area contributed by atoms with E-state index in [-0.39, 0.29) is 10.7 Å². The van der Waals surface area contributed by atoms with E-state index >= 15 is 0 Å². The summed E-state index contributed by atoms with van der Waals surface area (Å²) < 4.78 is 34.4. The molecule has 2 aromatic carbocycles. The van der Waals surface area contributed by atoms with Crippen molar-refractivity contribution in [3.05, 3.63) is 71.9 Å². The second kappa shape index (κ2) is 6.55. The first-order chi connectivity index (χ1) is 12.9. The van der Waals surface area contributed by atoms with E-state index < -0.39 is 10.0 Å². The van der Waals surface area contributed by atoms with E-state index in [0.717, 1.165) is 16.3 Å². The summed E-state index contributed by atoms with van der Waals surface area (Å²) in [5.74, 6) is 0.253. The predicted octanol–water partition coefficient (Wildman–Crippen LogP) is 3.49. The number of hydrogen-bond donors (Lipinski definition) is 1. The average Bonchev–Trinajstić information content (AvgIpc) is 3.21. The molecule has 8 heteroatoms. The minimum atomic E-state index is -3.79. The first kappa shape index (κ1) is 17.3. The Kier molecular flexibility index (Phi) is 4.19. The molecular formula is C19H18N4O3S. The highest BCUT2D eigenvalue weighted by Crippen LogP contribution is 2.23. The zero-order valence-corrected chi connectivity index (χ0v) is 15.7. The Morgan fingerprint density at radius 2 is 1.89 bits per heavy atom. The number of nitrogens with one attached hydrogen (secondary N) is 1. The fraction of sp³-hybridized carbons (Fsp3) is 0.158. The van der Waals surface area contributed by atoms with Crippen molar-refractivity contribution in [2.45, 2.75) is 25.3 Å². The Labute approximate surface area is 156 Å². The first-order valence-corrected chi connectivity index (χ1v) is 9.87. The van der Waals surface area contributed by atoms with Gasteiger partial charge >= 0.3 is 0 Å². The zero-order chi connectivity index (χ0) is 19.0. The molecule has 0 fully saturated rings. The highest BCUT2D eigenvalue weighted by Gasteiger charge is 2.24. The van der Waals surface area contributed by atoms with Gasteiger partial charge in [0.2, 0.25) is 0 Å². The summed E-state index contributed by atoms with van der Waals surface area (Å²) >= 11 is 0. The van der Waals surface area contributed by atoms with Crippen molar-refractivity contribution in [1.82, 2.24) is 14.9 Å². The third-order valence-electron chi connectivity index (χ3n) is 4.33. The maximum atomic E-state index is 12.6. The molecule has 0 saturated heterocycles. The lowest BCUT2D eigenvalue weighted by atomic mass is 10.0.